The molecule has 0 amide bonds. The van der Waals surface area contributed by atoms with Crippen LogP contribution in [0, 0.1) is 16.0 Å². The molecule has 1 aliphatic heterocycles. The quantitative estimate of drug-likeness (QED) is 0.467. The Bertz CT molecular complexity index is 281. The van der Waals surface area contributed by atoms with Gasteiger partial charge in [-0.3, -0.25) is 10.1 Å². The molecule has 1 N–H and O–H groups in total. The van der Waals surface area contributed by atoms with Crippen molar-refractivity contribution < 1.29 is 4.92 Å². The van der Waals surface area contributed by atoms with Gasteiger partial charge in [0, 0.05) is 24.2 Å². The van der Waals surface area contributed by atoms with Crippen LogP contribution in [0.5, 0.6) is 0 Å². The molecule has 0 aromatic carbocycles. The second-order valence-electron chi connectivity index (χ2n) is 3.13. The maximum atomic E-state index is 10.4. The molecule has 0 spiro atoms. The summed E-state index contributed by atoms with van der Waals surface area (Å²) in [6.45, 7) is 0.954. The molecule has 64 valence electrons. The van der Waals surface area contributed by atoms with Gasteiger partial charge in [0.2, 0.25) is 0 Å². The summed E-state index contributed by atoms with van der Waals surface area (Å²) in [4.78, 5) is 10.1. The maximum absolute atomic E-state index is 10.4. The molecule has 4 nitrogen and oxygen atoms in total. The van der Waals surface area contributed by atoms with Gasteiger partial charge in [0.1, 0.15) is 0 Å². The molecule has 2 aliphatic rings. The molecule has 1 saturated heterocycles. The zero-order valence-corrected chi connectivity index (χ0v) is 6.62. The fraction of sp³-hybridized carbons (Fsp3) is 0.500. The van der Waals surface area contributed by atoms with Crippen LogP contribution in [0.2, 0.25) is 0 Å². The van der Waals surface area contributed by atoms with E-state index in [0.29, 0.717) is 5.92 Å². The number of nitrogens with one attached hydrogen (secondary N) is 1. The minimum absolute atomic E-state index is 0.232. The average Bonchev–Trinajstić information content (AvgIpc) is 2.49. The maximum Gasteiger partial charge on any atom is 0.267 e. The van der Waals surface area contributed by atoms with E-state index in [0.717, 1.165) is 25.1 Å². The first-order chi connectivity index (χ1) is 5.77. The molecule has 1 unspecified atom stereocenters. The molecular weight excluding hydrogens is 156 g/mol. The molecule has 1 fully saturated rings. The van der Waals surface area contributed by atoms with Crippen LogP contribution in [0.1, 0.15) is 12.8 Å². The number of fused-ring (bicyclic) bond motifs is 1. The minimum Gasteiger partial charge on any atom is -0.388 e. The summed E-state index contributed by atoms with van der Waals surface area (Å²) in [5.74, 6) is 0.508. The highest BCUT2D eigenvalue weighted by molar-refractivity contribution is 5.26. The highest BCUT2D eigenvalue weighted by atomic mass is 16.6. The second kappa shape index (κ2) is 2.62. The van der Waals surface area contributed by atoms with Crippen molar-refractivity contribution in [3.63, 3.8) is 0 Å². The van der Waals surface area contributed by atoms with Crippen molar-refractivity contribution in [2.24, 2.45) is 5.92 Å². The van der Waals surface area contributed by atoms with E-state index in [-0.39, 0.29) is 10.6 Å². The number of nitro groups is 1. The summed E-state index contributed by atoms with van der Waals surface area (Å²) >= 11 is 0. The summed E-state index contributed by atoms with van der Waals surface area (Å²) in [6.07, 6.45) is 5.28. The third-order valence-corrected chi connectivity index (χ3v) is 2.39. The predicted molar refractivity (Wildman–Crippen MR) is 43.9 cm³/mol. The largest absolute Gasteiger partial charge is 0.388 e. The Kier molecular flexibility index (Phi) is 1.60. The van der Waals surface area contributed by atoms with Gasteiger partial charge >= 0.3 is 0 Å². The van der Waals surface area contributed by atoms with E-state index < -0.39 is 0 Å². The van der Waals surface area contributed by atoms with Crippen molar-refractivity contribution in [2.45, 2.75) is 12.8 Å². The predicted octanol–water partition coefficient (Wildman–Crippen LogP) is 1.04. The molecule has 1 aliphatic carbocycles. The zero-order valence-electron chi connectivity index (χ0n) is 6.62. The van der Waals surface area contributed by atoms with Crippen molar-refractivity contribution in [2.75, 3.05) is 6.54 Å². The fourth-order valence-corrected chi connectivity index (χ4v) is 1.71. The molecule has 0 radical (unpaired) electrons. The van der Waals surface area contributed by atoms with Gasteiger partial charge in [0.25, 0.3) is 5.70 Å². The van der Waals surface area contributed by atoms with Crippen LogP contribution in [0.3, 0.4) is 0 Å². The van der Waals surface area contributed by atoms with Crippen LogP contribution in [0.4, 0.5) is 0 Å². The first kappa shape index (κ1) is 7.34. The Labute approximate surface area is 70.1 Å². The van der Waals surface area contributed by atoms with Crippen LogP contribution < -0.4 is 5.32 Å². The van der Waals surface area contributed by atoms with Crippen LogP contribution in [0.15, 0.2) is 23.5 Å². The van der Waals surface area contributed by atoms with Gasteiger partial charge in [0.05, 0.1) is 4.92 Å². The topological polar surface area (TPSA) is 55.2 Å². The molecule has 12 heavy (non-hydrogen) atoms. The smallest absolute Gasteiger partial charge is 0.267 e. The normalized spacial score (nSPS) is 26.8. The number of rotatable bonds is 1. The number of hydrogen-bond acceptors (Lipinski definition) is 3. The van der Waals surface area contributed by atoms with E-state index in [1.165, 1.54) is 0 Å². The highest BCUT2D eigenvalue weighted by Crippen LogP contribution is 2.28. The van der Waals surface area contributed by atoms with Crippen LogP contribution in [-0.4, -0.2) is 11.5 Å². The van der Waals surface area contributed by atoms with Crippen molar-refractivity contribution in [3.05, 3.63) is 33.7 Å². The lowest BCUT2D eigenvalue weighted by Crippen LogP contribution is -2.12. The molecule has 1 atom stereocenters. The second-order valence-corrected chi connectivity index (χ2v) is 3.13. The van der Waals surface area contributed by atoms with Gasteiger partial charge in [0.15, 0.2) is 0 Å². The average molecular weight is 166 g/mol. The Morgan fingerprint density at radius 2 is 2.50 bits per heavy atom. The molecule has 0 aromatic rings. The van der Waals surface area contributed by atoms with E-state index in [1.807, 2.05) is 0 Å². The third-order valence-electron chi connectivity index (χ3n) is 2.39. The Morgan fingerprint density at radius 3 is 3.25 bits per heavy atom. The van der Waals surface area contributed by atoms with Crippen molar-refractivity contribution in [1.29, 1.82) is 0 Å². The van der Waals surface area contributed by atoms with Gasteiger partial charge in [-0.05, 0) is 18.9 Å². The molecule has 0 bridgehead atoms. The molecule has 0 aromatic heterocycles. The van der Waals surface area contributed by atoms with Crippen LogP contribution >= 0.6 is 0 Å². The van der Waals surface area contributed by atoms with Crippen molar-refractivity contribution >= 4 is 0 Å². The van der Waals surface area contributed by atoms with Crippen molar-refractivity contribution in [1.82, 2.24) is 5.32 Å². The Hall–Kier alpha value is -1.32. The molecular formula is C8H10N2O2. The lowest BCUT2D eigenvalue weighted by atomic mass is 9.96. The van der Waals surface area contributed by atoms with E-state index >= 15 is 0 Å². The van der Waals surface area contributed by atoms with Crippen molar-refractivity contribution in [3.8, 4) is 0 Å². The zero-order chi connectivity index (χ0) is 8.55. The number of hydrogen-bond donors (Lipinski definition) is 1. The lowest BCUT2D eigenvalue weighted by molar-refractivity contribution is -0.419. The van der Waals surface area contributed by atoms with E-state index in [2.05, 4.69) is 5.32 Å². The minimum atomic E-state index is -0.330. The Balaban J connectivity index is 2.22. The van der Waals surface area contributed by atoms with E-state index in [1.54, 1.807) is 12.2 Å². The standard InChI is InChI=1S/C8H10N2O2/c11-10(12)7-2-1-6-3-4-9-8(6)5-7/h2,5-6,9H,1,3-4H2. The van der Waals surface area contributed by atoms with Gasteiger partial charge in [-0.15, -0.1) is 0 Å². The molecule has 0 saturated carbocycles. The third kappa shape index (κ3) is 1.09. The van der Waals surface area contributed by atoms with Crippen LogP contribution in [0.25, 0.3) is 0 Å². The monoisotopic (exact) mass is 166 g/mol. The van der Waals surface area contributed by atoms with E-state index in [9.17, 15) is 10.1 Å². The van der Waals surface area contributed by atoms with Crippen LogP contribution in [-0.2, 0) is 0 Å². The highest BCUT2D eigenvalue weighted by Gasteiger charge is 2.26. The summed E-state index contributed by atoms with van der Waals surface area (Å²) in [6, 6.07) is 0. The molecule has 4 heteroatoms. The summed E-state index contributed by atoms with van der Waals surface area (Å²) in [5, 5.41) is 13.6. The molecule has 1 heterocycles. The lowest BCUT2D eigenvalue weighted by Gasteiger charge is -2.11. The Morgan fingerprint density at radius 1 is 1.67 bits per heavy atom. The van der Waals surface area contributed by atoms with Gasteiger partial charge in [-0.1, -0.05) is 0 Å². The SMILES string of the molecule is O=[N+]([O-])C1=CCC2CCNC2=C1. The van der Waals surface area contributed by atoms with E-state index in [4.69, 9.17) is 0 Å². The first-order valence-corrected chi connectivity index (χ1v) is 4.07. The van der Waals surface area contributed by atoms with Gasteiger partial charge in [-0.25, -0.2) is 0 Å². The molecule has 2 rings (SSSR count). The summed E-state index contributed by atoms with van der Waals surface area (Å²) < 4.78 is 0. The fourth-order valence-electron chi connectivity index (χ4n) is 1.71. The van der Waals surface area contributed by atoms with Gasteiger partial charge < -0.3 is 5.32 Å². The first-order valence-electron chi connectivity index (χ1n) is 4.07. The summed E-state index contributed by atoms with van der Waals surface area (Å²) in [7, 11) is 0. The number of nitrogens with zero attached hydrogens (tertiary/aromatic N) is 1. The number of allylic oxidation sites excluding steroid dienone is 3. The summed E-state index contributed by atoms with van der Waals surface area (Å²) in [5.41, 5.74) is 1.28. The van der Waals surface area contributed by atoms with Gasteiger partial charge in [-0.2, -0.15) is 0 Å².